The second-order valence-electron chi connectivity index (χ2n) is 7.91. The fourth-order valence-corrected chi connectivity index (χ4v) is 3.98. The number of piperidine rings is 1. The minimum atomic E-state index is -0.393. The first-order valence-electron chi connectivity index (χ1n) is 10.5. The summed E-state index contributed by atoms with van der Waals surface area (Å²) in [6.07, 6.45) is 4.77. The Labute approximate surface area is 181 Å². The molecule has 0 saturated carbocycles. The predicted molar refractivity (Wildman–Crippen MR) is 120 cm³/mol. The number of aromatic nitrogens is 2. The Kier molecular flexibility index (Phi) is 5.84. The van der Waals surface area contributed by atoms with Crippen molar-refractivity contribution in [3.63, 3.8) is 0 Å². The van der Waals surface area contributed by atoms with Crippen LogP contribution < -0.4 is 5.32 Å². The van der Waals surface area contributed by atoms with Gasteiger partial charge in [-0.05, 0) is 69.5 Å². The minimum absolute atomic E-state index is 0.0316. The van der Waals surface area contributed by atoms with Crippen LogP contribution in [0, 0.1) is 6.92 Å². The number of methoxy groups -OCH3 is 1. The van der Waals surface area contributed by atoms with Gasteiger partial charge in [-0.25, -0.2) is 14.8 Å². The highest BCUT2D eigenvalue weighted by atomic mass is 16.5. The van der Waals surface area contributed by atoms with Crippen molar-refractivity contribution in [2.24, 2.45) is 0 Å². The number of anilines is 2. The third-order valence-corrected chi connectivity index (χ3v) is 5.74. The van der Waals surface area contributed by atoms with Crippen molar-refractivity contribution in [3.8, 4) is 0 Å². The van der Waals surface area contributed by atoms with Crippen LogP contribution in [0.4, 0.5) is 11.4 Å². The fraction of sp³-hybridized carbons (Fsp3) is 0.333. The number of amides is 1. The van der Waals surface area contributed by atoms with Crippen LogP contribution in [-0.2, 0) is 4.74 Å². The number of benzene rings is 1. The molecule has 0 radical (unpaired) electrons. The Bertz CT molecular complexity index is 1130. The van der Waals surface area contributed by atoms with Crippen LogP contribution in [0.1, 0.15) is 52.6 Å². The summed E-state index contributed by atoms with van der Waals surface area (Å²) in [4.78, 5) is 36.1. The van der Waals surface area contributed by atoms with Gasteiger partial charge in [0.15, 0.2) is 5.65 Å². The second-order valence-corrected chi connectivity index (χ2v) is 7.91. The van der Waals surface area contributed by atoms with Crippen molar-refractivity contribution in [1.29, 1.82) is 0 Å². The van der Waals surface area contributed by atoms with Gasteiger partial charge in [0, 0.05) is 35.6 Å². The summed E-state index contributed by atoms with van der Waals surface area (Å²) in [6.45, 7) is 4.75. The van der Waals surface area contributed by atoms with Gasteiger partial charge in [-0.1, -0.05) is 0 Å². The first-order chi connectivity index (χ1) is 15.0. The number of nitrogens with zero attached hydrogens (tertiary/aromatic N) is 3. The third kappa shape index (κ3) is 4.21. The number of esters is 1. The summed E-state index contributed by atoms with van der Waals surface area (Å²) >= 11 is 0. The zero-order chi connectivity index (χ0) is 22.0. The third-order valence-electron chi connectivity index (χ3n) is 5.74. The van der Waals surface area contributed by atoms with Gasteiger partial charge in [-0.15, -0.1) is 0 Å². The Morgan fingerprint density at radius 3 is 2.61 bits per heavy atom. The maximum atomic E-state index is 13.5. The highest BCUT2D eigenvalue weighted by molar-refractivity contribution is 6.07. The van der Waals surface area contributed by atoms with E-state index in [0.717, 1.165) is 42.6 Å². The molecule has 31 heavy (non-hydrogen) atoms. The number of rotatable bonds is 4. The summed E-state index contributed by atoms with van der Waals surface area (Å²) in [7, 11) is 1.35. The summed E-state index contributed by atoms with van der Waals surface area (Å²) in [5.74, 6) is -0.425. The lowest BCUT2D eigenvalue weighted by Crippen LogP contribution is -2.42. The van der Waals surface area contributed by atoms with E-state index in [1.807, 2.05) is 24.0 Å². The van der Waals surface area contributed by atoms with Crippen molar-refractivity contribution in [1.82, 2.24) is 14.9 Å². The monoisotopic (exact) mass is 418 g/mol. The number of likely N-dealkylation sites (tertiary alicyclic amines) is 1. The summed E-state index contributed by atoms with van der Waals surface area (Å²) < 4.78 is 4.76. The summed E-state index contributed by atoms with van der Waals surface area (Å²) in [6, 6.07) is 11.0. The van der Waals surface area contributed by atoms with E-state index in [2.05, 4.69) is 22.2 Å². The smallest absolute Gasteiger partial charge is 0.337 e. The molecule has 3 aromatic rings. The highest BCUT2D eigenvalue weighted by Crippen LogP contribution is 2.31. The van der Waals surface area contributed by atoms with Crippen LogP contribution in [0.5, 0.6) is 0 Å². The fourth-order valence-electron chi connectivity index (χ4n) is 3.98. The standard InChI is InChI=1S/C24H26N4O3/c1-15-7-12-19-21(27-18-10-8-17(9-11-18)24(30)31-3)20(14-25-22(19)26-15)23(29)28-13-5-4-6-16(28)2/h7-12,14,16H,4-6,13H2,1-3H3,(H,25,26,27)/t16-/m0/s1. The second kappa shape index (κ2) is 8.71. The van der Waals surface area contributed by atoms with Gasteiger partial charge in [-0.3, -0.25) is 4.79 Å². The van der Waals surface area contributed by atoms with Crippen molar-refractivity contribution in [2.45, 2.75) is 39.2 Å². The van der Waals surface area contributed by atoms with E-state index in [4.69, 9.17) is 4.74 Å². The Hall–Kier alpha value is -3.48. The molecule has 1 aliphatic heterocycles. The molecular weight excluding hydrogens is 392 g/mol. The number of ether oxygens (including phenoxy) is 1. The average molecular weight is 418 g/mol. The number of fused-ring (bicyclic) bond motifs is 1. The largest absolute Gasteiger partial charge is 0.465 e. The molecule has 2 aromatic heterocycles. The lowest BCUT2D eigenvalue weighted by Gasteiger charge is -2.34. The van der Waals surface area contributed by atoms with Crippen LogP contribution in [0.2, 0.25) is 0 Å². The van der Waals surface area contributed by atoms with Crippen LogP contribution in [0.25, 0.3) is 11.0 Å². The normalized spacial score (nSPS) is 16.2. The van der Waals surface area contributed by atoms with E-state index in [1.165, 1.54) is 7.11 Å². The molecular formula is C24H26N4O3. The Balaban J connectivity index is 1.76. The van der Waals surface area contributed by atoms with Crippen molar-refractivity contribution in [3.05, 3.63) is 59.4 Å². The van der Waals surface area contributed by atoms with Gasteiger partial charge in [-0.2, -0.15) is 0 Å². The van der Waals surface area contributed by atoms with Gasteiger partial charge in [0.1, 0.15) is 0 Å². The number of carbonyl (C=O) groups excluding carboxylic acids is 2. The first kappa shape index (κ1) is 20.8. The molecule has 160 valence electrons. The van der Waals surface area contributed by atoms with Gasteiger partial charge in [0.05, 0.1) is 23.9 Å². The summed E-state index contributed by atoms with van der Waals surface area (Å²) in [5.41, 5.74) is 3.84. The zero-order valence-corrected chi connectivity index (χ0v) is 18.0. The number of hydrogen-bond acceptors (Lipinski definition) is 6. The van der Waals surface area contributed by atoms with E-state index in [-0.39, 0.29) is 11.9 Å². The minimum Gasteiger partial charge on any atom is -0.465 e. The van der Waals surface area contributed by atoms with Gasteiger partial charge < -0.3 is 15.0 Å². The van der Waals surface area contributed by atoms with E-state index < -0.39 is 5.97 Å². The van der Waals surface area contributed by atoms with Gasteiger partial charge >= 0.3 is 5.97 Å². The maximum absolute atomic E-state index is 13.5. The predicted octanol–water partition coefficient (Wildman–Crippen LogP) is 4.48. The number of pyridine rings is 2. The first-order valence-corrected chi connectivity index (χ1v) is 10.5. The number of carbonyl (C=O) groups is 2. The molecule has 1 atom stereocenters. The van der Waals surface area contributed by atoms with Gasteiger partial charge in [0.2, 0.25) is 0 Å². The quantitative estimate of drug-likeness (QED) is 0.629. The molecule has 1 N–H and O–H groups in total. The topological polar surface area (TPSA) is 84.4 Å². The molecule has 1 aromatic carbocycles. The van der Waals surface area contributed by atoms with Crippen LogP contribution >= 0.6 is 0 Å². The zero-order valence-electron chi connectivity index (χ0n) is 18.0. The molecule has 1 fully saturated rings. The SMILES string of the molecule is COC(=O)c1ccc(Nc2c(C(=O)N3CCCC[C@@H]3C)cnc3nc(C)ccc23)cc1. The molecule has 7 heteroatoms. The molecule has 0 aliphatic carbocycles. The lowest BCUT2D eigenvalue weighted by atomic mass is 10.0. The molecule has 4 rings (SSSR count). The van der Waals surface area contributed by atoms with Crippen LogP contribution in [0.3, 0.4) is 0 Å². The van der Waals surface area contributed by atoms with E-state index in [0.29, 0.717) is 22.5 Å². The molecule has 7 nitrogen and oxygen atoms in total. The Morgan fingerprint density at radius 1 is 1.13 bits per heavy atom. The van der Waals surface area contributed by atoms with E-state index >= 15 is 0 Å². The number of hydrogen-bond donors (Lipinski definition) is 1. The molecule has 1 amide bonds. The molecule has 1 aliphatic rings. The van der Waals surface area contributed by atoms with Crippen molar-refractivity contribution >= 4 is 34.3 Å². The molecule has 1 saturated heterocycles. The number of aryl methyl sites for hydroxylation is 1. The van der Waals surface area contributed by atoms with Crippen molar-refractivity contribution in [2.75, 3.05) is 19.0 Å². The van der Waals surface area contributed by atoms with E-state index in [9.17, 15) is 9.59 Å². The van der Waals surface area contributed by atoms with Crippen LogP contribution in [0.15, 0.2) is 42.6 Å². The average Bonchev–Trinajstić information content (AvgIpc) is 2.79. The van der Waals surface area contributed by atoms with Crippen molar-refractivity contribution < 1.29 is 14.3 Å². The highest BCUT2D eigenvalue weighted by Gasteiger charge is 2.27. The van der Waals surface area contributed by atoms with Gasteiger partial charge in [0.25, 0.3) is 5.91 Å². The van der Waals surface area contributed by atoms with E-state index in [1.54, 1.807) is 30.5 Å². The lowest BCUT2D eigenvalue weighted by molar-refractivity contribution is 0.0599. The maximum Gasteiger partial charge on any atom is 0.337 e. The van der Waals surface area contributed by atoms with Crippen LogP contribution in [-0.4, -0.2) is 46.4 Å². The number of nitrogens with one attached hydrogen (secondary N) is 1. The molecule has 0 bridgehead atoms. The summed E-state index contributed by atoms with van der Waals surface area (Å²) in [5, 5.41) is 4.15. The molecule has 3 heterocycles. The molecule has 0 unspecified atom stereocenters. The Morgan fingerprint density at radius 2 is 1.90 bits per heavy atom. The molecule has 0 spiro atoms.